The molecule has 0 saturated carbocycles. The molecule has 0 bridgehead atoms. The highest BCUT2D eigenvalue weighted by molar-refractivity contribution is 7.33. The molecule has 0 fully saturated rings. The zero-order valence-corrected chi connectivity index (χ0v) is 20.3. The fourth-order valence-electron chi connectivity index (χ4n) is 2.12. The molecule has 2 aromatic rings. The Morgan fingerprint density at radius 2 is 1.68 bits per heavy atom. The molecule has 0 aromatic heterocycles. The second kappa shape index (κ2) is 13.5. The molecule has 0 amide bonds. The van der Waals surface area contributed by atoms with E-state index in [1.165, 1.54) is 12.1 Å². The first-order valence-electron chi connectivity index (χ1n) is 9.49. The van der Waals surface area contributed by atoms with Crippen molar-refractivity contribution >= 4 is 42.8 Å². The Hall–Kier alpha value is -1.96. The van der Waals surface area contributed by atoms with Crippen molar-refractivity contribution in [3.05, 3.63) is 56.6 Å². The number of ether oxygens (including phenoxy) is 1. The van der Waals surface area contributed by atoms with E-state index in [4.69, 9.17) is 37.0 Å². The van der Waals surface area contributed by atoms with E-state index < -0.39 is 13.2 Å². The smallest absolute Gasteiger partial charge is 0.456 e. The van der Waals surface area contributed by atoms with E-state index in [2.05, 4.69) is 5.32 Å². The fourth-order valence-corrected chi connectivity index (χ4v) is 3.31. The number of nitrogens with one attached hydrogen (secondary N) is 1. The highest BCUT2D eigenvalue weighted by atomic mass is 35.5. The van der Waals surface area contributed by atoms with Gasteiger partial charge in [0.2, 0.25) is 0 Å². The zero-order chi connectivity index (χ0) is 23.6. The van der Waals surface area contributed by atoms with Crippen LogP contribution in [0.3, 0.4) is 0 Å². The summed E-state index contributed by atoms with van der Waals surface area (Å²) < 4.78 is 26.1. The molecule has 0 atom stereocenters. The Morgan fingerprint density at radius 1 is 1.06 bits per heavy atom. The van der Waals surface area contributed by atoms with Gasteiger partial charge in [0.1, 0.15) is 29.4 Å². The summed E-state index contributed by atoms with van der Waals surface area (Å²) in [5.74, 6) is 0.873. The highest BCUT2D eigenvalue weighted by Crippen LogP contribution is 2.35. The summed E-state index contributed by atoms with van der Waals surface area (Å²) in [6.07, 6.45) is -0.0790. The Morgan fingerprint density at radius 3 is 2.16 bits per heavy atom. The summed E-state index contributed by atoms with van der Waals surface area (Å²) in [7, 11) is -1.91. The first-order chi connectivity index (χ1) is 14.5. The number of nitro groups is 1. The number of nitro benzene ring substituents is 1. The highest BCUT2D eigenvalue weighted by Gasteiger charge is 2.23. The summed E-state index contributed by atoms with van der Waals surface area (Å²) >= 11 is 11.8. The van der Waals surface area contributed by atoms with Gasteiger partial charge in [-0.2, -0.15) is 0 Å². The van der Waals surface area contributed by atoms with Crippen LogP contribution in [0.15, 0.2) is 36.4 Å². The first-order valence-corrected chi connectivity index (χ1v) is 11.3. The Labute approximate surface area is 192 Å². The lowest BCUT2D eigenvalue weighted by Crippen LogP contribution is -2.01. The van der Waals surface area contributed by atoms with Crippen molar-refractivity contribution < 1.29 is 23.3 Å². The number of benzene rings is 2. The van der Waals surface area contributed by atoms with E-state index in [-0.39, 0.29) is 17.9 Å². The number of hydrogen-bond donors (Lipinski definition) is 1. The third kappa shape index (κ3) is 10.3. The number of halogens is 2. The summed E-state index contributed by atoms with van der Waals surface area (Å²) in [6.45, 7) is 9.68. The van der Waals surface area contributed by atoms with E-state index >= 15 is 0 Å². The predicted molar refractivity (Wildman–Crippen MR) is 124 cm³/mol. The first kappa shape index (κ1) is 27.1. The minimum Gasteiger partial charge on any atom is -0.456 e. The maximum absolute atomic E-state index is 10.9. The van der Waals surface area contributed by atoms with Crippen LogP contribution in [0.1, 0.15) is 34.6 Å². The van der Waals surface area contributed by atoms with Gasteiger partial charge in [-0.25, -0.2) is 0 Å². The van der Waals surface area contributed by atoms with Crippen molar-refractivity contribution in [1.29, 1.82) is 0 Å². The van der Waals surface area contributed by atoms with Crippen molar-refractivity contribution in [2.45, 2.75) is 46.8 Å². The SMILES string of the molecule is CC(C)O[P+](=O)OC(C)C.CCNc1cc(Oc2ccc(Cl)cc2Cl)ccc1[N+](=O)[O-]. The molecule has 0 spiro atoms. The number of nitrogens with zero attached hydrogens (tertiary/aromatic N) is 1. The van der Waals surface area contributed by atoms with E-state index in [9.17, 15) is 14.7 Å². The average Bonchev–Trinajstić information content (AvgIpc) is 2.63. The maximum atomic E-state index is 10.9. The van der Waals surface area contributed by atoms with Crippen molar-refractivity contribution in [2.24, 2.45) is 0 Å². The zero-order valence-electron chi connectivity index (χ0n) is 17.9. The van der Waals surface area contributed by atoms with Gasteiger partial charge in [-0.15, -0.1) is 9.05 Å². The van der Waals surface area contributed by atoms with Crippen LogP contribution in [0, 0.1) is 10.1 Å². The Bertz CT molecular complexity index is 884. The number of hydrogen-bond acceptors (Lipinski definition) is 7. The van der Waals surface area contributed by atoms with E-state index in [1.807, 2.05) is 34.6 Å². The van der Waals surface area contributed by atoms with Crippen LogP contribution in [-0.2, 0) is 13.6 Å². The van der Waals surface area contributed by atoms with Crippen LogP contribution >= 0.6 is 31.5 Å². The maximum Gasteiger partial charge on any atom is 0.697 e. The molecule has 0 aliphatic rings. The Kier molecular flexibility index (Phi) is 11.7. The van der Waals surface area contributed by atoms with Crippen LogP contribution in [0.2, 0.25) is 10.0 Å². The van der Waals surface area contributed by atoms with Gasteiger partial charge < -0.3 is 10.1 Å². The monoisotopic (exact) mass is 491 g/mol. The van der Waals surface area contributed by atoms with Gasteiger partial charge in [-0.1, -0.05) is 23.2 Å². The second-order valence-corrected chi connectivity index (χ2v) is 8.39. The Balaban J connectivity index is 0.000000407. The van der Waals surface area contributed by atoms with Crippen molar-refractivity contribution in [2.75, 3.05) is 11.9 Å². The molecule has 2 rings (SSSR count). The van der Waals surface area contributed by atoms with Crippen molar-refractivity contribution in [3.63, 3.8) is 0 Å². The summed E-state index contributed by atoms with van der Waals surface area (Å²) in [5.41, 5.74) is 0.386. The quantitative estimate of drug-likeness (QED) is 0.218. The molecule has 1 N–H and O–H groups in total. The van der Waals surface area contributed by atoms with Crippen molar-refractivity contribution in [1.82, 2.24) is 0 Å². The fraction of sp³-hybridized carbons (Fsp3) is 0.400. The number of anilines is 1. The molecule has 0 radical (unpaired) electrons. The van der Waals surface area contributed by atoms with E-state index in [0.717, 1.165) is 0 Å². The van der Waals surface area contributed by atoms with Crippen LogP contribution in [0.4, 0.5) is 11.4 Å². The summed E-state index contributed by atoms with van der Waals surface area (Å²) in [6, 6.07) is 9.32. The average molecular weight is 492 g/mol. The van der Waals surface area contributed by atoms with Gasteiger partial charge in [0, 0.05) is 28.3 Å². The lowest BCUT2D eigenvalue weighted by Gasteiger charge is -2.10. The van der Waals surface area contributed by atoms with Gasteiger partial charge >= 0.3 is 8.25 Å². The molecule has 31 heavy (non-hydrogen) atoms. The van der Waals surface area contributed by atoms with Gasteiger partial charge in [-0.3, -0.25) is 10.1 Å². The van der Waals surface area contributed by atoms with Gasteiger partial charge in [0.15, 0.2) is 0 Å². The standard InChI is InChI=1S/C14H12Cl2N2O3.C6H14O3P/c1-2-17-12-8-10(4-5-13(12)18(19)20)21-14-6-3-9(15)7-11(14)16;1-5(2)8-10(7)9-6(3)4/h3-8,17H,2H2,1H3;5-6H,1-4H3/q;+1. The number of rotatable bonds is 9. The van der Waals surface area contributed by atoms with E-state index in [0.29, 0.717) is 33.8 Å². The van der Waals surface area contributed by atoms with Crippen LogP contribution in [0.25, 0.3) is 0 Å². The van der Waals surface area contributed by atoms with Crippen LogP contribution < -0.4 is 10.1 Å². The molecule has 2 aromatic carbocycles. The molecular formula is C20H26Cl2N2O6P+. The van der Waals surface area contributed by atoms with Gasteiger partial charge in [-0.05, 0) is 58.9 Å². The normalized spacial score (nSPS) is 10.5. The molecule has 170 valence electrons. The second-order valence-electron chi connectivity index (χ2n) is 6.68. The third-order valence-electron chi connectivity index (χ3n) is 3.25. The predicted octanol–water partition coefficient (Wildman–Crippen LogP) is 7.62. The molecule has 0 aliphatic heterocycles. The third-order valence-corrected chi connectivity index (χ3v) is 4.97. The molecule has 0 unspecified atom stereocenters. The topological polar surface area (TPSA) is 99.9 Å². The van der Waals surface area contributed by atoms with Gasteiger partial charge in [0.25, 0.3) is 5.69 Å². The molecule has 11 heteroatoms. The van der Waals surface area contributed by atoms with E-state index in [1.54, 1.807) is 24.3 Å². The van der Waals surface area contributed by atoms with Gasteiger partial charge in [0.05, 0.1) is 9.95 Å². The lowest BCUT2D eigenvalue weighted by atomic mass is 10.2. The van der Waals surface area contributed by atoms with Crippen LogP contribution in [0.5, 0.6) is 11.5 Å². The summed E-state index contributed by atoms with van der Waals surface area (Å²) in [5, 5.41) is 14.7. The summed E-state index contributed by atoms with van der Waals surface area (Å²) in [4.78, 5) is 10.5. The molecule has 0 heterocycles. The largest absolute Gasteiger partial charge is 0.697 e. The minimum atomic E-state index is -1.91. The lowest BCUT2D eigenvalue weighted by molar-refractivity contribution is -0.384. The molecule has 0 aliphatic carbocycles. The molecular weight excluding hydrogens is 466 g/mol. The molecule has 8 nitrogen and oxygen atoms in total. The molecule has 0 saturated heterocycles. The minimum absolute atomic E-state index is 0.00796. The van der Waals surface area contributed by atoms with Crippen LogP contribution in [-0.4, -0.2) is 23.7 Å². The van der Waals surface area contributed by atoms with Crippen molar-refractivity contribution in [3.8, 4) is 11.5 Å².